The van der Waals surface area contributed by atoms with Crippen LogP contribution in [0.4, 0.5) is 5.69 Å². The number of para-hydroxylation sites is 1. The van der Waals surface area contributed by atoms with Crippen molar-refractivity contribution in [3.63, 3.8) is 0 Å². The molecule has 5 nitrogen and oxygen atoms in total. The van der Waals surface area contributed by atoms with Crippen LogP contribution in [0, 0.1) is 6.92 Å². The first kappa shape index (κ1) is 20.3. The molecule has 0 saturated carbocycles. The topological polar surface area (TPSA) is 62.3 Å². The molecule has 1 N–H and O–H groups in total. The Bertz CT molecular complexity index is 1090. The zero-order valence-corrected chi connectivity index (χ0v) is 18.0. The van der Waals surface area contributed by atoms with Gasteiger partial charge in [0, 0.05) is 29.9 Å². The summed E-state index contributed by atoms with van der Waals surface area (Å²) in [6, 6.07) is 13.6. The van der Waals surface area contributed by atoms with Crippen LogP contribution in [0.3, 0.4) is 0 Å². The highest BCUT2D eigenvalue weighted by Crippen LogP contribution is 2.24. The van der Waals surface area contributed by atoms with Gasteiger partial charge in [-0.05, 0) is 75.1 Å². The lowest BCUT2D eigenvalue weighted by molar-refractivity contribution is -0.111. The first-order chi connectivity index (χ1) is 14.5. The summed E-state index contributed by atoms with van der Waals surface area (Å²) < 4.78 is 1.09. The number of piperidine rings is 1. The van der Waals surface area contributed by atoms with E-state index in [1.165, 1.54) is 12.5 Å². The Morgan fingerprint density at radius 2 is 2.03 bits per heavy atom. The molecule has 3 aromatic rings. The second-order valence-electron chi connectivity index (χ2n) is 7.72. The van der Waals surface area contributed by atoms with E-state index in [2.05, 4.69) is 17.2 Å². The van der Waals surface area contributed by atoms with Crippen molar-refractivity contribution in [2.24, 2.45) is 0 Å². The van der Waals surface area contributed by atoms with Gasteiger partial charge in [0.05, 0.1) is 10.2 Å². The van der Waals surface area contributed by atoms with Crippen molar-refractivity contribution in [1.29, 1.82) is 0 Å². The smallest absolute Gasteiger partial charge is 0.254 e. The molecule has 1 aromatic heterocycles. The Morgan fingerprint density at radius 1 is 1.20 bits per heavy atom. The maximum absolute atomic E-state index is 12.9. The average Bonchev–Trinajstić information content (AvgIpc) is 3.17. The molecule has 2 aromatic carbocycles. The number of rotatable bonds is 4. The molecule has 4 rings (SSSR count). The van der Waals surface area contributed by atoms with Crippen LogP contribution in [0.5, 0.6) is 0 Å². The van der Waals surface area contributed by atoms with Gasteiger partial charge in [-0.1, -0.05) is 12.1 Å². The second-order valence-corrected chi connectivity index (χ2v) is 8.78. The molecule has 2 heterocycles. The number of carbonyl (C=O) groups excluding carboxylic acids is 2. The fourth-order valence-corrected chi connectivity index (χ4v) is 4.66. The largest absolute Gasteiger partial charge is 0.336 e. The predicted octanol–water partition coefficient (Wildman–Crippen LogP) is 5.27. The lowest BCUT2D eigenvalue weighted by Crippen LogP contribution is -2.42. The zero-order valence-electron chi connectivity index (χ0n) is 17.2. The molecule has 0 aliphatic carbocycles. The van der Waals surface area contributed by atoms with E-state index in [0.29, 0.717) is 11.3 Å². The third-order valence-corrected chi connectivity index (χ3v) is 6.48. The standard InChI is InChI=1S/C24H25N3O2S/c1-16-15-18(24(29)27-14-6-5-7-17(27)2)10-11-19(16)25-22(28)12-13-23-26-20-8-3-4-9-21(20)30-23/h3-4,8-13,15,17H,5-7,14H2,1-2H3,(H,25,28)/b13-12+. The fraction of sp³-hybridized carbons (Fsp3) is 0.292. The van der Waals surface area contributed by atoms with Crippen LogP contribution in [0.15, 0.2) is 48.5 Å². The molecule has 1 aliphatic rings. The summed E-state index contributed by atoms with van der Waals surface area (Å²) in [6.45, 7) is 4.83. The van der Waals surface area contributed by atoms with Gasteiger partial charge in [0.15, 0.2) is 0 Å². The van der Waals surface area contributed by atoms with Gasteiger partial charge >= 0.3 is 0 Å². The van der Waals surface area contributed by atoms with Crippen molar-refractivity contribution < 1.29 is 9.59 Å². The molecular formula is C24H25N3O2S. The highest BCUT2D eigenvalue weighted by molar-refractivity contribution is 7.19. The number of fused-ring (bicyclic) bond motifs is 1. The van der Waals surface area contributed by atoms with E-state index in [4.69, 9.17) is 0 Å². The SMILES string of the molecule is Cc1cc(C(=O)N2CCCCC2C)ccc1NC(=O)/C=C/c1nc2ccccc2s1. The van der Waals surface area contributed by atoms with Crippen LogP contribution >= 0.6 is 11.3 Å². The first-order valence-corrected chi connectivity index (χ1v) is 11.1. The van der Waals surface area contributed by atoms with E-state index in [-0.39, 0.29) is 17.9 Å². The number of benzene rings is 2. The molecular weight excluding hydrogens is 394 g/mol. The van der Waals surface area contributed by atoms with Crippen LogP contribution in [0.1, 0.15) is 47.1 Å². The van der Waals surface area contributed by atoms with Crippen LogP contribution in [0.25, 0.3) is 16.3 Å². The van der Waals surface area contributed by atoms with E-state index in [0.717, 1.165) is 40.2 Å². The summed E-state index contributed by atoms with van der Waals surface area (Å²) in [7, 11) is 0. The molecule has 1 unspecified atom stereocenters. The predicted molar refractivity (Wildman–Crippen MR) is 123 cm³/mol. The van der Waals surface area contributed by atoms with E-state index in [9.17, 15) is 9.59 Å². The summed E-state index contributed by atoms with van der Waals surface area (Å²) in [4.78, 5) is 31.7. The summed E-state index contributed by atoms with van der Waals surface area (Å²) in [5.74, 6) is -0.153. The zero-order chi connectivity index (χ0) is 21.1. The van der Waals surface area contributed by atoms with E-state index >= 15 is 0 Å². The Morgan fingerprint density at radius 3 is 2.80 bits per heavy atom. The van der Waals surface area contributed by atoms with Crippen molar-refractivity contribution in [3.05, 3.63) is 64.7 Å². The third kappa shape index (κ3) is 4.44. The summed E-state index contributed by atoms with van der Waals surface area (Å²) in [6.07, 6.45) is 6.51. The molecule has 30 heavy (non-hydrogen) atoms. The van der Waals surface area contributed by atoms with Gasteiger partial charge in [0.2, 0.25) is 5.91 Å². The minimum Gasteiger partial charge on any atom is -0.336 e. The van der Waals surface area contributed by atoms with E-state index in [1.54, 1.807) is 29.5 Å². The molecule has 154 valence electrons. The summed E-state index contributed by atoms with van der Waals surface area (Å²) in [5, 5.41) is 3.69. The molecule has 0 bridgehead atoms. The Kier molecular flexibility index (Phi) is 5.95. The van der Waals surface area contributed by atoms with Gasteiger partial charge in [-0.15, -0.1) is 11.3 Å². The van der Waals surface area contributed by atoms with E-state index in [1.807, 2.05) is 42.2 Å². The average molecular weight is 420 g/mol. The first-order valence-electron chi connectivity index (χ1n) is 10.3. The van der Waals surface area contributed by atoms with Crippen LogP contribution in [-0.2, 0) is 4.79 Å². The normalized spacial score (nSPS) is 16.9. The Hall–Kier alpha value is -2.99. The van der Waals surface area contributed by atoms with Gasteiger partial charge < -0.3 is 10.2 Å². The number of anilines is 1. The number of hydrogen-bond acceptors (Lipinski definition) is 4. The van der Waals surface area contributed by atoms with Crippen LogP contribution < -0.4 is 5.32 Å². The van der Waals surface area contributed by atoms with Gasteiger partial charge in [-0.2, -0.15) is 0 Å². The molecule has 1 saturated heterocycles. The maximum atomic E-state index is 12.9. The van der Waals surface area contributed by atoms with Crippen molar-refractivity contribution in [2.75, 3.05) is 11.9 Å². The number of carbonyl (C=O) groups is 2. The Balaban J connectivity index is 1.42. The molecule has 1 aliphatic heterocycles. The molecule has 2 amide bonds. The van der Waals surface area contributed by atoms with Gasteiger partial charge in [-0.3, -0.25) is 9.59 Å². The number of hydrogen-bond donors (Lipinski definition) is 1. The number of nitrogens with zero attached hydrogens (tertiary/aromatic N) is 2. The van der Waals surface area contributed by atoms with Gasteiger partial charge in [0.25, 0.3) is 5.91 Å². The quantitative estimate of drug-likeness (QED) is 0.586. The third-order valence-electron chi connectivity index (χ3n) is 5.48. The fourth-order valence-electron chi connectivity index (χ4n) is 3.79. The molecule has 1 fully saturated rings. The van der Waals surface area contributed by atoms with Crippen LogP contribution in [0.2, 0.25) is 0 Å². The maximum Gasteiger partial charge on any atom is 0.254 e. The number of likely N-dealkylation sites (tertiary alicyclic amines) is 1. The molecule has 0 radical (unpaired) electrons. The lowest BCUT2D eigenvalue weighted by Gasteiger charge is -2.33. The number of aromatic nitrogens is 1. The lowest BCUT2D eigenvalue weighted by atomic mass is 10.0. The molecule has 6 heteroatoms. The minimum atomic E-state index is -0.221. The monoisotopic (exact) mass is 419 g/mol. The number of nitrogens with one attached hydrogen (secondary N) is 1. The second kappa shape index (κ2) is 8.79. The van der Waals surface area contributed by atoms with Gasteiger partial charge in [-0.25, -0.2) is 4.98 Å². The van der Waals surface area contributed by atoms with Crippen molar-refractivity contribution in [2.45, 2.75) is 39.2 Å². The molecule has 0 spiro atoms. The van der Waals surface area contributed by atoms with E-state index < -0.39 is 0 Å². The molecule has 1 atom stereocenters. The Labute approximate surface area is 180 Å². The van der Waals surface area contributed by atoms with Crippen molar-refractivity contribution >= 4 is 45.1 Å². The van der Waals surface area contributed by atoms with Crippen molar-refractivity contribution in [1.82, 2.24) is 9.88 Å². The number of thiazole rings is 1. The van der Waals surface area contributed by atoms with Crippen LogP contribution in [-0.4, -0.2) is 34.3 Å². The highest BCUT2D eigenvalue weighted by Gasteiger charge is 2.24. The van der Waals surface area contributed by atoms with Gasteiger partial charge in [0.1, 0.15) is 5.01 Å². The van der Waals surface area contributed by atoms with Crippen molar-refractivity contribution in [3.8, 4) is 0 Å². The number of amides is 2. The summed E-state index contributed by atoms with van der Waals surface area (Å²) in [5.41, 5.74) is 3.18. The number of aryl methyl sites for hydroxylation is 1. The highest BCUT2D eigenvalue weighted by atomic mass is 32.1. The summed E-state index contributed by atoms with van der Waals surface area (Å²) >= 11 is 1.55. The minimum absolute atomic E-state index is 0.0684.